The summed E-state index contributed by atoms with van der Waals surface area (Å²) < 4.78 is 0. The minimum absolute atomic E-state index is 0.00748. The van der Waals surface area contributed by atoms with Crippen LogP contribution in [-0.2, 0) is 56.0 Å². The predicted molar refractivity (Wildman–Crippen MR) is 276 cm³/mol. The van der Waals surface area contributed by atoms with Crippen LogP contribution in [0.4, 0.5) is 0 Å². The van der Waals surface area contributed by atoms with Crippen LogP contribution >= 0.6 is 0 Å². The largest absolute Gasteiger partial charge is 0.391 e. The molecule has 19 N–H and O–H groups in total. The maximum atomic E-state index is 14.6. The van der Waals surface area contributed by atoms with Gasteiger partial charge in [0.25, 0.3) is 0 Å². The van der Waals surface area contributed by atoms with Crippen LogP contribution in [0.1, 0.15) is 75.8 Å². The minimum Gasteiger partial charge on any atom is -0.391 e. The fourth-order valence-electron chi connectivity index (χ4n) is 8.89. The molecule has 2 aromatic carbocycles. The van der Waals surface area contributed by atoms with Crippen LogP contribution in [0, 0.1) is 0 Å². The van der Waals surface area contributed by atoms with Gasteiger partial charge in [0.2, 0.25) is 53.2 Å². The van der Waals surface area contributed by atoms with Gasteiger partial charge < -0.3 is 80.9 Å². The van der Waals surface area contributed by atoms with Crippen molar-refractivity contribution in [2.45, 2.75) is 126 Å². The van der Waals surface area contributed by atoms with Gasteiger partial charge in [-0.05, 0) is 62.1 Å². The van der Waals surface area contributed by atoms with Crippen molar-refractivity contribution in [3.8, 4) is 0 Å². The number of nitrogens with zero attached hydrogens (tertiary/aromatic N) is 3. The molecule has 0 saturated carbocycles. The van der Waals surface area contributed by atoms with E-state index in [0.29, 0.717) is 11.1 Å². The summed E-state index contributed by atoms with van der Waals surface area (Å²) in [6.45, 7) is 0.948. The molecular formula is C49H70N16O10. The molecule has 0 aliphatic carbocycles. The van der Waals surface area contributed by atoms with Gasteiger partial charge in [-0.2, -0.15) is 0 Å². The fraction of sp³-hybridized carbons (Fsp3) is 0.490. The Hall–Kier alpha value is -8.29. The molecule has 0 spiro atoms. The molecule has 2 aliphatic heterocycles. The number of fused-ring (bicyclic) bond motifs is 2. The lowest BCUT2D eigenvalue weighted by atomic mass is 10.0. The lowest BCUT2D eigenvalue weighted by Crippen LogP contribution is -2.60. The maximum Gasteiger partial charge on any atom is 0.246 e. The lowest BCUT2D eigenvalue weighted by molar-refractivity contribution is -0.143. The van der Waals surface area contributed by atoms with E-state index < -0.39 is 115 Å². The van der Waals surface area contributed by atoms with Gasteiger partial charge >= 0.3 is 0 Å². The Morgan fingerprint density at radius 2 is 1.40 bits per heavy atom. The van der Waals surface area contributed by atoms with Crippen molar-refractivity contribution in [2.24, 2.45) is 38.7 Å². The Balaban J connectivity index is 1.53. The highest BCUT2D eigenvalue weighted by molar-refractivity contribution is 5.99. The van der Waals surface area contributed by atoms with Gasteiger partial charge in [-0.15, -0.1) is 0 Å². The number of rotatable bonds is 16. The zero-order valence-corrected chi connectivity index (χ0v) is 41.8. The molecule has 5 rings (SSSR count). The molecule has 406 valence electrons. The van der Waals surface area contributed by atoms with Crippen molar-refractivity contribution < 1.29 is 48.3 Å². The molecule has 1 aromatic heterocycles. The highest BCUT2D eigenvalue weighted by Gasteiger charge is 2.44. The van der Waals surface area contributed by atoms with Gasteiger partial charge in [0.1, 0.15) is 42.3 Å². The number of hydrogen-bond donors (Lipinski definition) is 14. The molecule has 0 radical (unpaired) electrons. The first-order chi connectivity index (χ1) is 35.8. The summed E-state index contributed by atoms with van der Waals surface area (Å²) in [4.78, 5) is 137. The first-order valence-corrected chi connectivity index (χ1v) is 24.8. The van der Waals surface area contributed by atoms with Crippen LogP contribution in [0.3, 0.4) is 0 Å². The standard InChI is InChI=1S/C49H70N16O10/c1-27(66)59-34(16-9-19-56-48(51)52)42(70)64-38-24-40(68)55-18-8-7-15-33(41(50)69)60-45(73)37(22-29-25-58-32-14-6-5-13-31(29)32)62-43(71)35(17-10-20-57-49(53)54)61-44(72)36(21-28-11-3-2-4-12-28)63-46(74)39-23-30(67)26-65(39)47(38)75/h2-6,11-14,25,30,33-39,58,67H,7-10,15-24,26H2,1H3,(H2,50,69)(H,55,68)(H,59,66)(H,60,73)(H,61,72)(H,62,71)(H,63,74)(H,64,70)(H4,51,52,56)(H4,53,54,57). The second-order valence-electron chi connectivity index (χ2n) is 18.6. The van der Waals surface area contributed by atoms with Crippen LogP contribution in [-0.4, -0.2) is 155 Å². The van der Waals surface area contributed by atoms with E-state index in [0.717, 1.165) is 15.8 Å². The van der Waals surface area contributed by atoms with Gasteiger partial charge in [0.05, 0.1) is 12.5 Å². The first kappa shape index (κ1) is 57.6. The summed E-state index contributed by atoms with van der Waals surface area (Å²) in [6.07, 6.45) is 0.110. The fourth-order valence-corrected chi connectivity index (χ4v) is 8.89. The van der Waals surface area contributed by atoms with Crippen molar-refractivity contribution in [2.75, 3.05) is 26.2 Å². The monoisotopic (exact) mass is 1040 g/mol. The van der Waals surface area contributed by atoms with E-state index in [2.05, 4.69) is 52.2 Å². The molecule has 2 fully saturated rings. The molecule has 9 amide bonds. The Bertz CT molecular complexity index is 2570. The molecule has 26 heteroatoms. The van der Waals surface area contributed by atoms with Crippen LogP contribution in [0.15, 0.2) is 70.8 Å². The third kappa shape index (κ3) is 18.0. The number of amides is 9. The van der Waals surface area contributed by atoms with E-state index in [9.17, 15) is 48.3 Å². The number of H-pyrrole nitrogens is 1. The number of nitrogens with one attached hydrogen (secondary N) is 8. The van der Waals surface area contributed by atoms with Crippen molar-refractivity contribution >= 4 is 76.0 Å². The van der Waals surface area contributed by atoms with Gasteiger partial charge in [-0.3, -0.25) is 53.1 Å². The third-order valence-corrected chi connectivity index (χ3v) is 12.6. The molecule has 3 aromatic rings. The summed E-state index contributed by atoms with van der Waals surface area (Å²) in [7, 11) is 0. The average Bonchev–Trinajstić information content (AvgIpc) is 3.96. The number of para-hydroxylation sites is 1. The van der Waals surface area contributed by atoms with Crippen molar-refractivity contribution in [1.29, 1.82) is 0 Å². The van der Waals surface area contributed by atoms with E-state index in [4.69, 9.17) is 28.7 Å². The topological polar surface area (TPSA) is 432 Å². The Morgan fingerprint density at radius 1 is 0.773 bits per heavy atom. The number of aromatic amines is 1. The number of aromatic nitrogens is 1. The number of nitrogens with two attached hydrogens (primary N) is 5. The number of guanidine groups is 2. The summed E-state index contributed by atoms with van der Waals surface area (Å²) >= 11 is 0. The Labute approximate surface area is 432 Å². The number of aliphatic hydroxyl groups is 1. The van der Waals surface area contributed by atoms with Gasteiger partial charge in [-0.1, -0.05) is 48.5 Å². The molecule has 2 aliphatic rings. The molecule has 8 unspecified atom stereocenters. The normalized spacial score (nSPS) is 23.0. The number of benzene rings is 2. The third-order valence-electron chi connectivity index (χ3n) is 12.6. The molecule has 3 heterocycles. The number of carbonyl (C=O) groups excluding carboxylic acids is 9. The van der Waals surface area contributed by atoms with Crippen LogP contribution < -0.4 is 65.9 Å². The van der Waals surface area contributed by atoms with Gasteiger partial charge in [0, 0.05) is 69.5 Å². The van der Waals surface area contributed by atoms with E-state index in [1.807, 2.05) is 24.3 Å². The lowest BCUT2D eigenvalue weighted by Gasteiger charge is -2.30. The van der Waals surface area contributed by atoms with Crippen LogP contribution in [0.25, 0.3) is 10.9 Å². The zero-order chi connectivity index (χ0) is 54.6. The quantitative estimate of drug-likeness (QED) is 0.0371. The van der Waals surface area contributed by atoms with Crippen molar-refractivity contribution in [1.82, 2.24) is 47.1 Å². The summed E-state index contributed by atoms with van der Waals surface area (Å²) in [6, 6.07) is 6.23. The average molecular weight is 1040 g/mol. The molecule has 26 nitrogen and oxygen atoms in total. The van der Waals surface area contributed by atoms with Crippen molar-refractivity contribution in [3.63, 3.8) is 0 Å². The van der Waals surface area contributed by atoms with E-state index >= 15 is 0 Å². The number of primary amides is 1. The molecule has 0 bridgehead atoms. The van der Waals surface area contributed by atoms with Gasteiger partial charge in [0.15, 0.2) is 11.9 Å². The second kappa shape index (κ2) is 28.2. The number of carbonyl (C=O) groups is 9. The number of aliphatic hydroxyl groups excluding tert-OH is 1. The van der Waals surface area contributed by atoms with E-state index in [1.54, 1.807) is 36.5 Å². The highest BCUT2D eigenvalue weighted by atomic mass is 16.3. The summed E-state index contributed by atoms with van der Waals surface area (Å²) in [5.74, 6) is -7.63. The zero-order valence-electron chi connectivity index (χ0n) is 41.8. The van der Waals surface area contributed by atoms with Crippen molar-refractivity contribution in [3.05, 3.63) is 71.9 Å². The molecule has 2 saturated heterocycles. The number of aliphatic imine (C=N–C) groups is 2. The van der Waals surface area contributed by atoms with E-state index in [-0.39, 0.29) is 95.8 Å². The second-order valence-corrected chi connectivity index (χ2v) is 18.6. The SMILES string of the molecule is CC(=O)NC(CCCN=C(N)N)C(=O)NC1CC(=O)NCCCCC(C(N)=O)NC(=O)C(Cc2c[nH]c3ccccc23)NC(=O)C(CCCN=C(N)N)NC(=O)C(Cc2ccccc2)NC(=O)C2CC(O)CN2C1=O. The molecular weight excluding hydrogens is 973 g/mol. The Morgan fingerprint density at radius 3 is 2.09 bits per heavy atom. The van der Waals surface area contributed by atoms with Crippen LogP contribution in [0.5, 0.6) is 0 Å². The molecule has 8 atom stereocenters. The van der Waals surface area contributed by atoms with Gasteiger partial charge in [-0.25, -0.2) is 0 Å². The Kier molecular flexibility index (Phi) is 21.7. The summed E-state index contributed by atoms with van der Waals surface area (Å²) in [5.41, 5.74) is 29.8. The highest BCUT2D eigenvalue weighted by Crippen LogP contribution is 2.22. The maximum absolute atomic E-state index is 14.6. The van der Waals surface area contributed by atoms with Crippen LogP contribution in [0.2, 0.25) is 0 Å². The first-order valence-electron chi connectivity index (χ1n) is 24.8. The summed E-state index contributed by atoms with van der Waals surface area (Å²) in [5, 5.41) is 30.4. The smallest absolute Gasteiger partial charge is 0.246 e. The number of hydrogen-bond acceptors (Lipinski definition) is 12. The molecule has 75 heavy (non-hydrogen) atoms. The predicted octanol–water partition coefficient (Wildman–Crippen LogP) is -3.87. The van der Waals surface area contributed by atoms with E-state index in [1.165, 1.54) is 6.92 Å². The minimum atomic E-state index is -1.65.